The van der Waals surface area contributed by atoms with Crippen LogP contribution in [-0.4, -0.2) is 38.2 Å². The van der Waals surface area contributed by atoms with Crippen molar-refractivity contribution in [3.63, 3.8) is 0 Å². The lowest BCUT2D eigenvalue weighted by Gasteiger charge is -2.27. The standard InChI is InChI=1S/C24H27NO5/c1-15-8-10-25(11-9-15)14-19-20(26)6-5-18-23(27)22(30-24(18)19)13-16-12-17(28-2)4-7-21(16)29-3/h4-7,12-13,15,26H,8-11,14H2,1-3H3/p+1. The number of Topliss-reactive ketones (excluding diaryl/α,β-unsaturated/α-hetero) is 1. The highest BCUT2D eigenvalue weighted by atomic mass is 16.5. The Hall–Kier alpha value is -2.99. The van der Waals surface area contributed by atoms with Gasteiger partial charge in [0.25, 0.3) is 0 Å². The largest absolute Gasteiger partial charge is 0.507 e. The van der Waals surface area contributed by atoms with Gasteiger partial charge in [-0.05, 0) is 55.2 Å². The molecule has 0 unspecified atom stereocenters. The van der Waals surface area contributed by atoms with Gasteiger partial charge in [0.2, 0.25) is 5.78 Å². The number of piperidine rings is 1. The van der Waals surface area contributed by atoms with Gasteiger partial charge in [0.15, 0.2) is 11.5 Å². The Morgan fingerprint density at radius 1 is 1.17 bits per heavy atom. The van der Waals surface area contributed by atoms with E-state index in [4.69, 9.17) is 14.2 Å². The average Bonchev–Trinajstić information content (AvgIpc) is 3.07. The number of likely N-dealkylation sites (tertiary alicyclic amines) is 1. The molecule has 2 aromatic rings. The molecule has 0 saturated carbocycles. The first kappa shape index (κ1) is 20.3. The Labute approximate surface area is 176 Å². The van der Waals surface area contributed by atoms with Crippen LogP contribution in [0.5, 0.6) is 23.0 Å². The molecule has 0 radical (unpaired) electrons. The van der Waals surface area contributed by atoms with Gasteiger partial charge in [-0.3, -0.25) is 4.79 Å². The summed E-state index contributed by atoms with van der Waals surface area (Å²) < 4.78 is 16.7. The SMILES string of the molecule is COc1ccc(OC)c(C=C2Oc3c(ccc(O)c3C[NH+]3CCC(C)CC3)C2=O)c1. The van der Waals surface area contributed by atoms with Crippen LogP contribution >= 0.6 is 0 Å². The Balaban J connectivity index is 1.65. The van der Waals surface area contributed by atoms with Crippen molar-refractivity contribution in [2.75, 3.05) is 27.3 Å². The van der Waals surface area contributed by atoms with Gasteiger partial charge in [-0.15, -0.1) is 0 Å². The maximum Gasteiger partial charge on any atom is 0.231 e. The molecule has 2 aromatic carbocycles. The molecule has 1 fully saturated rings. The van der Waals surface area contributed by atoms with Crippen molar-refractivity contribution in [1.82, 2.24) is 0 Å². The molecule has 2 N–H and O–H groups in total. The van der Waals surface area contributed by atoms with E-state index in [0.717, 1.165) is 19.0 Å². The second kappa shape index (κ2) is 8.40. The summed E-state index contributed by atoms with van der Waals surface area (Å²) in [4.78, 5) is 14.4. The van der Waals surface area contributed by atoms with E-state index in [1.54, 1.807) is 50.6 Å². The fourth-order valence-corrected chi connectivity index (χ4v) is 4.16. The number of quaternary nitrogens is 1. The number of nitrogens with one attached hydrogen (secondary N) is 1. The number of fused-ring (bicyclic) bond motifs is 1. The summed E-state index contributed by atoms with van der Waals surface area (Å²) in [6.07, 6.45) is 4.01. The first-order valence-corrected chi connectivity index (χ1v) is 10.3. The highest BCUT2D eigenvalue weighted by Crippen LogP contribution is 2.40. The first-order chi connectivity index (χ1) is 14.5. The second-order valence-corrected chi connectivity index (χ2v) is 8.10. The van der Waals surface area contributed by atoms with Crippen LogP contribution in [0.15, 0.2) is 36.1 Å². The molecule has 1 saturated heterocycles. The van der Waals surface area contributed by atoms with Gasteiger partial charge in [-0.1, -0.05) is 6.92 Å². The minimum Gasteiger partial charge on any atom is -0.507 e. The summed E-state index contributed by atoms with van der Waals surface area (Å²) >= 11 is 0. The zero-order valence-corrected chi connectivity index (χ0v) is 17.7. The Morgan fingerprint density at radius 3 is 2.63 bits per heavy atom. The van der Waals surface area contributed by atoms with Gasteiger partial charge in [0.1, 0.15) is 23.8 Å². The number of phenolic OH excluding ortho intramolecular Hbond substituents is 1. The van der Waals surface area contributed by atoms with E-state index < -0.39 is 0 Å². The zero-order chi connectivity index (χ0) is 21.3. The minimum absolute atomic E-state index is 0.174. The maximum atomic E-state index is 13.0. The average molecular weight is 410 g/mol. The van der Waals surface area contributed by atoms with Crippen molar-refractivity contribution >= 4 is 11.9 Å². The summed E-state index contributed by atoms with van der Waals surface area (Å²) in [7, 11) is 3.17. The molecule has 6 heteroatoms. The fourth-order valence-electron chi connectivity index (χ4n) is 4.16. The molecular formula is C24H28NO5+. The first-order valence-electron chi connectivity index (χ1n) is 10.3. The van der Waals surface area contributed by atoms with Crippen LogP contribution in [0.25, 0.3) is 6.08 Å². The van der Waals surface area contributed by atoms with Crippen molar-refractivity contribution in [2.24, 2.45) is 5.92 Å². The molecule has 0 aromatic heterocycles. The number of phenols is 1. The third kappa shape index (κ3) is 3.87. The van der Waals surface area contributed by atoms with E-state index in [-0.39, 0.29) is 17.3 Å². The normalized spacial score (nSPS) is 22.0. The molecule has 0 bridgehead atoms. The quantitative estimate of drug-likeness (QED) is 0.742. The number of ether oxygens (including phenoxy) is 3. The molecule has 0 amide bonds. The Bertz CT molecular complexity index is 989. The lowest BCUT2D eigenvalue weighted by molar-refractivity contribution is -0.919. The van der Waals surface area contributed by atoms with Gasteiger partial charge in [0, 0.05) is 5.56 Å². The number of allylic oxidation sites excluding steroid dienone is 1. The number of methoxy groups -OCH3 is 2. The van der Waals surface area contributed by atoms with Crippen molar-refractivity contribution in [3.8, 4) is 23.0 Å². The zero-order valence-electron chi connectivity index (χ0n) is 17.7. The summed E-state index contributed by atoms with van der Waals surface area (Å²) in [5.74, 6) is 2.68. The highest BCUT2D eigenvalue weighted by molar-refractivity contribution is 6.15. The topological polar surface area (TPSA) is 69.4 Å². The highest BCUT2D eigenvalue weighted by Gasteiger charge is 2.33. The Morgan fingerprint density at radius 2 is 1.93 bits per heavy atom. The van der Waals surface area contributed by atoms with Crippen LogP contribution in [0, 0.1) is 5.92 Å². The summed E-state index contributed by atoms with van der Waals surface area (Å²) in [5.41, 5.74) is 1.88. The molecule has 2 aliphatic rings. The number of carbonyl (C=O) groups is 1. The molecule has 0 aliphatic carbocycles. The molecule has 30 heavy (non-hydrogen) atoms. The number of ketones is 1. The third-order valence-electron chi connectivity index (χ3n) is 6.05. The molecule has 158 valence electrons. The Kier molecular flexibility index (Phi) is 5.68. The number of carbonyl (C=O) groups excluding carboxylic acids is 1. The van der Waals surface area contributed by atoms with Gasteiger partial charge >= 0.3 is 0 Å². The van der Waals surface area contributed by atoms with E-state index in [2.05, 4.69) is 6.92 Å². The maximum absolute atomic E-state index is 13.0. The van der Waals surface area contributed by atoms with Crippen molar-refractivity contribution in [1.29, 1.82) is 0 Å². The number of benzene rings is 2. The molecular weight excluding hydrogens is 382 g/mol. The summed E-state index contributed by atoms with van der Waals surface area (Å²) in [6.45, 7) is 5.04. The molecule has 6 nitrogen and oxygen atoms in total. The fraction of sp³-hybridized carbons (Fsp3) is 0.375. The lowest BCUT2D eigenvalue weighted by Crippen LogP contribution is -3.11. The van der Waals surface area contributed by atoms with Crippen LogP contribution in [0.2, 0.25) is 0 Å². The molecule has 2 aliphatic heterocycles. The lowest BCUT2D eigenvalue weighted by atomic mass is 9.98. The minimum atomic E-state index is -0.196. The van der Waals surface area contributed by atoms with Crippen LogP contribution in [0.3, 0.4) is 0 Å². The number of aromatic hydroxyl groups is 1. The molecule has 0 atom stereocenters. The van der Waals surface area contributed by atoms with Crippen molar-refractivity contribution < 1.29 is 29.0 Å². The summed E-state index contributed by atoms with van der Waals surface area (Å²) in [6, 6.07) is 8.61. The predicted molar refractivity (Wildman–Crippen MR) is 113 cm³/mol. The van der Waals surface area contributed by atoms with Crippen LogP contribution in [0.4, 0.5) is 0 Å². The van der Waals surface area contributed by atoms with E-state index in [9.17, 15) is 9.90 Å². The molecule has 4 rings (SSSR count). The smallest absolute Gasteiger partial charge is 0.231 e. The molecule has 2 heterocycles. The van der Waals surface area contributed by atoms with E-state index in [0.29, 0.717) is 40.5 Å². The van der Waals surface area contributed by atoms with Gasteiger partial charge < -0.3 is 24.2 Å². The van der Waals surface area contributed by atoms with E-state index in [1.165, 1.54) is 17.7 Å². The second-order valence-electron chi connectivity index (χ2n) is 8.10. The molecule has 0 spiro atoms. The third-order valence-corrected chi connectivity index (χ3v) is 6.05. The van der Waals surface area contributed by atoms with Crippen molar-refractivity contribution in [2.45, 2.75) is 26.3 Å². The van der Waals surface area contributed by atoms with E-state index >= 15 is 0 Å². The predicted octanol–water partition coefficient (Wildman–Crippen LogP) is 2.84. The van der Waals surface area contributed by atoms with Gasteiger partial charge in [-0.25, -0.2) is 0 Å². The van der Waals surface area contributed by atoms with Crippen molar-refractivity contribution in [3.05, 3.63) is 52.8 Å². The van der Waals surface area contributed by atoms with Gasteiger partial charge in [0.05, 0.1) is 38.4 Å². The number of hydrogen-bond donors (Lipinski definition) is 2. The monoisotopic (exact) mass is 410 g/mol. The van der Waals surface area contributed by atoms with E-state index in [1.807, 2.05) is 0 Å². The number of rotatable bonds is 5. The van der Waals surface area contributed by atoms with Gasteiger partial charge in [-0.2, -0.15) is 0 Å². The summed E-state index contributed by atoms with van der Waals surface area (Å²) in [5, 5.41) is 10.5. The van der Waals surface area contributed by atoms with Crippen LogP contribution < -0.4 is 19.1 Å². The van der Waals surface area contributed by atoms with Crippen LogP contribution in [-0.2, 0) is 6.54 Å². The number of hydrogen-bond acceptors (Lipinski definition) is 5. The van der Waals surface area contributed by atoms with Crippen LogP contribution in [0.1, 0.15) is 41.3 Å².